The highest BCUT2D eigenvalue weighted by Crippen LogP contribution is 2.18. The van der Waals surface area contributed by atoms with Gasteiger partial charge in [-0.1, -0.05) is 26.0 Å². The number of nitrogens with one attached hydrogen (secondary N) is 1. The first-order valence-electron chi connectivity index (χ1n) is 9.77. The number of hydrogen-bond acceptors (Lipinski definition) is 6. The number of amides is 2. The van der Waals surface area contributed by atoms with Crippen LogP contribution in [0.15, 0.2) is 24.3 Å². The zero-order valence-corrected chi connectivity index (χ0v) is 18.1. The lowest BCUT2D eigenvalue weighted by Gasteiger charge is -2.27. The fourth-order valence-electron chi connectivity index (χ4n) is 3.33. The van der Waals surface area contributed by atoms with Crippen LogP contribution in [0.25, 0.3) is 0 Å². The summed E-state index contributed by atoms with van der Waals surface area (Å²) in [6, 6.07) is 3.87. The number of benzene rings is 1. The highest BCUT2D eigenvalue weighted by Gasteiger charge is 2.35. The lowest BCUT2D eigenvalue weighted by Crippen LogP contribution is -2.47. The van der Waals surface area contributed by atoms with E-state index >= 15 is 0 Å². The number of carbonyl (C=O) groups excluding carboxylic acids is 3. The second-order valence-electron chi connectivity index (χ2n) is 7.52. The summed E-state index contributed by atoms with van der Waals surface area (Å²) in [7, 11) is -3.16. The van der Waals surface area contributed by atoms with Crippen LogP contribution in [0.3, 0.4) is 0 Å². The van der Waals surface area contributed by atoms with E-state index in [0.717, 1.165) is 6.07 Å². The summed E-state index contributed by atoms with van der Waals surface area (Å²) in [6.45, 7) is 4.79. The standard InChI is InChI=1S/C20H27FN2O6S/c1-4-23(14-9-10-30(27,28)12-14)17(24)11-29-20(26)18(13(2)3)22-19(25)15-7-5-6-8-16(15)21/h5-8,13-14,18H,4,9-12H2,1-3H3,(H,22,25). The average Bonchev–Trinajstić information content (AvgIpc) is 3.04. The van der Waals surface area contributed by atoms with Gasteiger partial charge in [0.2, 0.25) is 0 Å². The molecule has 30 heavy (non-hydrogen) atoms. The van der Waals surface area contributed by atoms with E-state index in [2.05, 4.69) is 5.32 Å². The summed E-state index contributed by atoms with van der Waals surface area (Å²) in [5.74, 6) is -3.25. The van der Waals surface area contributed by atoms with E-state index < -0.39 is 52.1 Å². The van der Waals surface area contributed by atoms with Crippen LogP contribution in [0.1, 0.15) is 37.6 Å². The maximum atomic E-state index is 13.8. The van der Waals surface area contributed by atoms with Gasteiger partial charge in [0, 0.05) is 12.6 Å². The average molecular weight is 443 g/mol. The van der Waals surface area contributed by atoms with Gasteiger partial charge in [-0.05, 0) is 31.4 Å². The largest absolute Gasteiger partial charge is 0.454 e. The Balaban J connectivity index is 1.98. The molecule has 8 nitrogen and oxygen atoms in total. The molecule has 0 aliphatic carbocycles. The van der Waals surface area contributed by atoms with Crippen molar-refractivity contribution in [3.8, 4) is 0 Å². The molecule has 1 saturated heterocycles. The molecule has 0 radical (unpaired) electrons. The Bertz CT molecular complexity index is 902. The number of ether oxygens (including phenoxy) is 1. The highest BCUT2D eigenvalue weighted by atomic mass is 32.2. The monoisotopic (exact) mass is 442 g/mol. The van der Waals surface area contributed by atoms with Crippen LogP contribution in [-0.2, 0) is 24.2 Å². The minimum absolute atomic E-state index is 0.0265. The van der Waals surface area contributed by atoms with Crippen molar-refractivity contribution in [1.82, 2.24) is 10.2 Å². The fourth-order valence-corrected chi connectivity index (χ4v) is 5.06. The van der Waals surface area contributed by atoms with E-state index in [0.29, 0.717) is 6.42 Å². The van der Waals surface area contributed by atoms with Gasteiger partial charge in [-0.15, -0.1) is 0 Å². The maximum absolute atomic E-state index is 13.8. The molecule has 0 spiro atoms. The van der Waals surface area contributed by atoms with Crippen molar-refractivity contribution in [3.63, 3.8) is 0 Å². The normalized spacial score (nSPS) is 18.6. The predicted octanol–water partition coefficient (Wildman–Crippen LogP) is 1.16. The summed E-state index contributed by atoms with van der Waals surface area (Å²) in [4.78, 5) is 38.7. The quantitative estimate of drug-likeness (QED) is 0.605. The molecule has 1 fully saturated rings. The second-order valence-corrected chi connectivity index (χ2v) is 9.75. The molecule has 1 aromatic rings. The molecule has 2 rings (SSSR count). The van der Waals surface area contributed by atoms with Crippen molar-refractivity contribution in [1.29, 1.82) is 0 Å². The molecule has 1 N–H and O–H groups in total. The van der Waals surface area contributed by atoms with Crippen LogP contribution >= 0.6 is 0 Å². The van der Waals surface area contributed by atoms with E-state index in [1.54, 1.807) is 20.8 Å². The molecule has 1 heterocycles. The van der Waals surface area contributed by atoms with Gasteiger partial charge in [-0.2, -0.15) is 0 Å². The highest BCUT2D eigenvalue weighted by molar-refractivity contribution is 7.91. The van der Waals surface area contributed by atoms with Gasteiger partial charge in [0.25, 0.3) is 11.8 Å². The van der Waals surface area contributed by atoms with Crippen LogP contribution in [0, 0.1) is 11.7 Å². The third-order valence-electron chi connectivity index (χ3n) is 4.97. The topological polar surface area (TPSA) is 110 Å². The summed E-state index contributed by atoms with van der Waals surface area (Å²) < 4.78 is 42.2. The van der Waals surface area contributed by atoms with Crippen molar-refractivity contribution in [2.24, 2.45) is 5.92 Å². The molecule has 166 valence electrons. The van der Waals surface area contributed by atoms with Gasteiger partial charge in [0.15, 0.2) is 16.4 Å². The molecule has 0 saturated carbocycles. The van der Waals surface area contributed by atoms with E-state index in [1.807, 2.05) is 0 Å². The van der Waals surface area contributed by atoms with Gasteiger partial charge in [-0.3, -0.25) is 9.59 Å². The molecule has 2 amide bonds. The number of hydrogen-bond donors (Lipinski definition) is 1. The molecular formula is C20H27FN2O6S. The smallest absolute Gasteiger partial charge is 0.329 e. The van der Waals surface area contributed by atoms with E-state index in [4.69, 9.17) is 4.74 Å². The van der Waals surface area contributed by atoms with Crippen molar-refractivity contribution in [2.45, 2.75) is 39.3 Å². The number of halogens is 1. The van der Waals surface area contributed by atoms with Crippen molar-refractivity contribution < 1.29 is 31.9 Å². The molecule has 1 aromatic carbocycles. The van der Waals surface area contributed by atoms with Gasteiger partial charge >= 0.3 is 5.97 Å². The van der Waals surface area contributed by atoms with E-state index in [9.17, 15) is 27.2 Å². The number of carbonyl (C=O) groups is 3. The minimum atomic E-state index is -3.16. The zero-order valence-electron chi connectivity index (χ0n) is 17.3. The zero-order chi connectivity index (χ0) is 22.5. The SMILES string of the molecule is CCN(C(=O)COC(=O)C(NC(=O)c1ccccc1F)C(C)C)C1CCS(=O)(=O)C1. The van der Waals surface area contributed by atoms with Crippen LogP contribution in [-0.4, -0.2) is 67.8 Å². The van der Waals surface area contributed by atoms with Gasteiger partial charge in [0.1, 0.15) is 11.9 Å². The number of esters is 1. The van der Waals surface area contributed by atoms with Gasteiger partial charge < -0.3 is 15.0 Å². The number of rotatable bonds is 8. The summed E-state index contributed by atoms with van der Waals surface area (Å²) >= 11 is 0. The molecule has 0 aromatic heterocycles. The molecule has 1 aliphatic heterocycles. The fraction of sp³-hybridized carbons (Fsp3) is 0.550. The van der Waals surface area contributed by atoms with Crippen molar-refractivity contribution >= 4 is 27.6 Å². The minimum Gasteiger partial charge on any atom is -0.454 e. The molecule has 1 aliphatic rings. The van der Waals surface area contributed by atoms with Crippen LogP contribution in [0.5, 0.6) is 0 Å². The first-order chi connectivity index (χ1) is 14.1. The van der Waals surface area contributed by atoms with Crippen molar-refractivity contribution in [2.75, 3.05) is 24.7 Å². The van der Waals surface area contributed by atoms with Crippen LogP contribution in [0.2, 0.25) is 0 Å². The predicted molar refractivity (Wildman–Crippen MR) is 108 cm³/mol. The lowest BCUT2D eigenvalue weighted by atomic mass is 10.0. The van der Waals surface area contributed by atoms with Crippen LogP contribution < -0.4 is 5.32 Å². The summed E-state index contributed by atoms with van der Waals surface area (Å²) in [5, 5.41) is 2.45. The van der Waals surface area contributed by atoms with Gasteiger partial charge in [0.05, 0.1) is 17.1 Å². The Morgan fingerprint density at radius 3 is 2.47 bits per heavy atom. The van der Waals surface area contributed by atoms with E-state index in [1.165, 1.54) is 23.1 Å². The lowest BCUT2D eigenvalue weighted by molar-refractivity contribution is -0.155. The van der Waals surface area contributed by atoms with Crippen LogP contribution in [0.4, 0.5) is 4.39 Å². The molecule has 0 bridgehead atoms. The third-order valence-corrected chi connectivity index (χ3v) is 6.72. The van der Waals surface area contributed by atoms with E-state index in [-0.39, 0.29) is 29.5 Å². The summed E-state index contributed by atoms with van der Waals surface area (Å²) in [5.41, 5.74) is -0.202. The Morgan fingerprint density at radius 1 is 1.27 bits per heavy atom. The molecule has 10 heteroatoms. The number of sulfone groups is 1. The Labute approximate surface area is 175 Å². The maximum Gasteiger partial charge on any atom is 0.329 e. The Kier molecular flexibility index (Phi) is 7.94. The first kappa shape index (κ1) is 23.8. The first-order valence-corrected chi connectivity index (χ1v) is 11.6. The number of nitrogens with zero attached hydrogens (tertiary/aromatic N) is 1. The Morgan fingerprint density at radius 2 is 1.93 bits per heavy atom. The molecule has 2 atom stereocenters. The summed E-state index contributed by atoms with van der Waals surface area (Å²) in [6.07, 6.45) is 0.350. The Hall–Kier alpha value is -2.49. The second kappa shape index (κ2) is 10.0. The third kappa shape index (κ3) is 6.01. The van der Waals surface area contributed by atoms with Crippen molar-refractivity contribution in [3.05, 3.63) is 35.6 Å². The molecule has 2 unspecified atom stereocenters. The number of likely N-dealkylation sites (N-methyl/N-ethyl adjacent to an activating group) is 1. The van der Waals surface area contributed by atoms with Gasteiger partial charge in [-0.25, -0.2) is 17.6 Å². The molecular weight excluding hydrogens is 415 g/mol.